The molecule has 0 amide bonds. The number of carbonyl (C=O) groups excluding carboxylic acids is 1. The van der Waals surface area contributed by atoms with Crippen LogP contribution in [-0.2, 0) is 4.79 Å². The van der Waals surface area contributed by atoms with Gasteiger partial charge in [0.1, 0.15) is 6.29 Å². The Morgan fingerprint density at radius 2 is 2.00 bits per heavy atom. The van der Waals surface area contributed by atoms with Gasteiger partial charge in [-0.05, 0) is 17.7 Å². The van der Waals surface area contributed by atoms with E-state index in [0.717, 1.165) is 5.56 Å². The number of benzene rings is 1. The molecule has 1 heteroatoms. The Bertz CT molecular complexity index is 391. The normalized spacial score (nSPS) is 11.2. The molecular weight excluding hydrogens is 172 g/mol. The average Bonchev–Trinajstić information content (AvgIpc) is 2.25. The number of rotatable bonds is 3. The summed E-state index contributed by atoms with van der Waals surface area (Å²) in [6.07, 6.45) is 10.9. The Kier molecular flexibility index (Phi) is 3.97. The Hall–Kier alpha value is -2.07. The van der Waals surface area contributed by atoms with Crippen molar-refractivity contribution in [2.75, 3.05) is 0 Å². The van der Waals surface area contributed by atoms with Crippen molar-refractivity contribution in [3.05, 3.63) is 53.6 Å². The predicted octanol–water partition coefficient (Wildman–Crippen LogP) is 2.46. The van der Waals surface area contributed by atoms with Crippen LogP contribution in [0.1, 0.15) is 5.56 Å². The van der Waals surface area contributed by atoms with Crippen LogP contribution >= 0.6 is 0 Å². The zero-order valence-corrected chi connectivity index (χ0v) is 7.68. The standard InChI is InChI=1S/C13H10O/c1-2-12(10-11-14)8-9-13-6-4-3-5-7-13/h1,3-11H/b9-8+,12-10+. The molecule has 1 aromatic rings. The van der Waals surface area contributed by atoms with Crippen molar-refractivity contribution in [1.29, 1.82) is 0 Å². The third-order valence-electron chi connectivity index (χ3n) is 1.67. The Balaban J connectivity index is 2.79. The molecule has 0 aromatic heterocycles. The molecule has 14 heavy (non-hydrogen) atoms. The van der Waals surface area contributed by atoms with E-state index in [9.17, 15) is 4.79 Å². The summed E-state index contributed by atoms with van der Waals surface area (Å²) in [7, 11) is 0. The monoisotopic (exact) mass is 182 g/mol. The lowest BCUT2D eigenvalue weighted by Gasteiger charge is -1.90. The first-order valence-corrected chi connectivity index (χ1v) is 4.22. The zero-order chi connectivity index (χ0) is 10.2. The van der Waals surface area contributed by atoms with Gasteiger partial charge < -0.3 is 0 Å². The summed E-state index contributed by atoms with van der Waals surface area (Å²) in [5.41, 5.74) is 1.63. The summed E-state index contributed by atoms with van der Waals surface area (Å²) in [5, 5.41) is 0. The highest BCUT2D eigenvalue weighted by molar-refractivity contribution is 5.71. The number of aldehydes is 1. The topological polar surface area (TPSA) is 17.1 Å². The fraction of sp³-hybridized carbons (Fsp3) is 0. The molecule has 0 aliphatic heterocycles. The quantitative estimate of drug-likeness (QED) is 0.304. The second-order valence-corrected chi connectivity index (χ2v) is 2.65. The molecule has 1 rings (SSSR count). The second-order valence-electron chi connectivity index (χ2n) is 2.65. The van der Waals surface area contributed by atoms with Crippen molar-refractivity contribution in [1.82, 2.24) is 0 Å². The molecule has 0 atom stereocenters. The highest BCUT2D eigenvalue weighted by Gasteiger charge is 1.85. The van der Waals surface area contributed by atoms with E-state index in [2.05, 4.69) is 5.92 Å². The van der Waals surface area contributed by atoms with Gasteiger partial charge in [0.05, 0.1) is 0 Å². The molecular formula is C13H10O. The third kappa shape index (κ3) is 3.12. The molecule has 0 bridgehead atoms. The van der Waals surface area contributed by atoms with E-state index in [-0.39, 0.29) is 0 Å². The van der Waals surface area contributed by atoms with Crippen molar-refractivity contribution in [2.24, 2.45) is 0 Å². The number of hydrogen-bond donors (Lipinski definition) is 0. The minimum atomic E-state index is 0.573. The lowest BCUT2D eigenvalue weighted by molar-refractivity contribution is -0.104. The maximum atomic E-state index is 10.2. The first kappa shape index (κ1) is 10.0. The van der Waals surface area contributed by atoms with Crippen LogP contribution in [0, 0.1) is 12.3 Å². The first-order valence-electron chi connectivity index (χ1n) is 4.22. The van der Waals surface area contributed by atoms with Gasteiger partial charge in [0, 0.05) is 5.57 Å². The van der Waals surface area contributed by atoms with E-state index in [4.69, 9.17) is 6.42 Å². The summed E-state index contributed by atoms with van der Waals surface area (Å²) < 4.78 is 0. The Labute approximate surface area is 83.8 Å². The van der Waals surface area contributed by atoms with Gasteiger partial charge in [-0.3, -0.25) is 4.79 Å². The molecule has 0 saturated carbocycles. The molecule has 1 nitrogen and oxygen atoms in total. The zero-order valence-electron chi connectivity index (χ0n) is 7.68. The lowest BCUT2D eigenvalue weighted by Crippen LogP contribution is -1.74. The maximum Gasteiger partial charge on any atom is 0.144 e. The molecule has 0 heterocycles. The van der Waals surface area contributed by atoms with E-state index in [1.54, 1.807) is 6.08 Å². The van der Waals surface area contributed by atoms with Crippen molar-refractivity contribution in [3.8, 4) is 12.3 Å². The van der Waals surface area contributed by atoms with Gasteiger partial charge in [0.25, 0.3) is 0 Å². The fourth-order valence-electron chi connectivity index (χ4n) is 0.975. The number of allylic oxidation sites excluding steroid dienone is 3. The summed E-state index contributed by atoms with van der Waals surface area (Å²) >= 11 is 0. The summed E-state index contributed by atoms with van der Waals surface area (Å²) in [5.74, 6) is 2.42. The van der Waals surface area contributed by atoms with Crippen molar-refractivity contribution < 1.29 is 4.79 Å². The second kappa shape index (κ2) is 5.55. The molecule has 0 unspecified atom stereocenters. The van der Waals surface area contributed by atoms with Gasteiger partial charge in [-0.1, -0.05) is 42.3 Å². The minimum absolute atomic E-state index is 0.573. The smallest absolute Gasteiger partial charge is 0.144 e. The highest BCUT2D eigenvalue weighted by Crippen LogP contribution is 2.03. The number of hydrogen-bond acceptors (Lipinski definition) is 1. The van der Waals surface area contributed by atoms with Crippen LogP contribution in [0.5, 0.6) is 0 Å². The van der Waals surface area contributed by atoms with Crippen molar-refractivity contribution in [3.63, 3.8) is 0 Å². The molecule has 0 spiro atoms. The molecule has 0 N–H and O–H groups in total. The first-order chi connectivity index (χ1) is 6.86. The predicted molar refractivity (Wildman–Crippen MR) is 58.5 cm³/mol. The van der Waals surface area contributed by atoms with Crippen LogP contribution in [0.15, 0.2) is 48.1 Å². The van der Waals surface area contributed by atoms with Crippen LogP contribution in [0.25, 0.3) is 6.08 Å². The van der Waals surface area contributed by atoms with E-state index in [1.165, 1.54) is 6.08 Å². The van der Waals surface area contributed by atoms with Gasteiger partial charge in [-0.2, -0.15) is 0 Å². The van der Waals surface area contributed by atoms with Crippen LogP contribution in [-0.4, -0.2) is 6.29 Å². The van der Waals surface area contributed by atoms with Crippen LogP contribution < -0.4 is 0 Å². The lowest BCUT2D eigenvalue weighted by atomic mass is 10.1. The van der Waals surface area contributed by atoms with Gasteiger partial charge in [-0.15, -0.1) is 6.42 Å². The summed E-state index contributed by atoms with van der Waals surface area (Å²) in [6.45, 7) is 0. The maximum absolute atomic E-state index is 10.2. The van der Waals surface area contributed by atoms with E-state index in [1.807, 2.05) is 36.4 Å². The van der Waals surface area contributed by atoms with Crippen molar-refractivity contribution in [2.45, 2.75) is 0 Å². The van der Waals surface area contributed by atoms with Crippen LogP contribution in [0.2, 0.25) is 0 Å². The Morgan fingerprint density at radius 1 is 1.29 bits per heavy atom. The summed E-state index contributed by atoms with van der Waals surface area (Å²) in [4.78, 5) is 10.2. The summed E-state index contributed by atoms with van der Waals surface area (Å²) in [6, 6.07) is 9.76. The number of carbonyl (C=O) groups is 1. The molecule has 0 aliphatic rings. The molecule has 68 valence electrons. The minimum Gasteiger partial charge on any atom is -0.299 e. The number of terminal acetylenes is 1. The molecule has 0 saturated heterocycles. The molecule has 0 aliphatic carbocycles. The SMILES string of the molecule is C#CC(=C\C=O)/C=C/c1ccccc1. The molecule has 0 radical (unpaired) electrons. The van der Waals surface area contributed by atoms with Crippen molar-refractivity contribution >= 4 is 12.4 Å². The largest absolute Gasteiger partial charge is 0.299 e. The van der Waals surface area contributed by atoms with Gasteiger partial charge in [0.2, 0.25) is 0 Å². The molecule has 1 aromatic carbocycles. The average molecular weight is 182 g/mol. The highest BCUT2D eigenvalue weighted by atomic mass is 16.1. The van der Waals surface area contributed by atoms with Gasteiger partial charge >= 0.3 is 0 Å². The third-order valence-corrected chi connectivity index (χ3v) is 1.67. The Morgan fingerprint density at radius 3 is 2.57 bits per heavy atom. The van der Waals surface area contributed by atoms with E-state index < -0.39 is 0 Å². The van der Waals surface area contributed by atoms with Gasteiger partial charge in [-0.25, -0.2) is 0 Å². The van der Waals surface area contributed by atoms with Gasteiger partial charge in [0.15, 0.2) is 0 Å². The van der Waals surface area contributed by atoms with E-state index in [0.29, 0.717) is 11.9 Å². The molecule has 0 fully saturated rings. The van der Waals surface area contributed by atoms with E-state index >= 15 is 0 Å². The van der Waals surface area contributed by atoms with Crippen LogP contribution in [0.4, 0.5) is 0 Å². The van der Waals surface area contributed by atoms with Crippen LogP contribution in [0.3, 0.4) is 0 Å². The fourth-order valence-corrected chi connectivity index (χ4v) is 0.975.